The van der Waals surface area contributed by atoms with Crippen LogP contribution in [0.3, 0.4) is 0 Å². The minimum atomic E-state index is -3.62. The van der Waals surface area contributed by atoms with Crippen molar-refractivity contribution < 1.29 is 40.0 Å². The highest BCUT2D eigenvalue weighted by atomic mass is 35.5. The predicted molar refractivity (Wildman–Crippen MR) is 213 cm³/mol. The summed E-state index contributed by atoms with van der Waals surface area (Å²) in [7, 11) is 0. The molecule has 2 saturated carbocycles. The van der Waals surface area contributed by atoms with Crippen molar-refractivity contribution in [2.75, 3.05) is 12.5 Å². The molecule has 0 unspecified atom stereocenters. The smallest absolute Gasteiger partial charge is 0.248 e. The van der Waals surface area contributed by atoms with E-state index < -0.39 is 75.8 Å². The molecule has 55 heavy (non-hydrogen) atoms. The van der Waals surface area contributed by atoms with Crippen LogP contribution in [0, 0.1) is 0 Å². The second-order valence-electron chi connectivity index (χ2n) is 11.6. The fourth-order valence-corrected chi connectivity index (χ4v) is 5.27. The maximum Gasteiger partial charge on any atom is 0.248 e. The Morgan fingerprint density at radius 3 is 1.80 bits per heavy atom. The molecule has 4 aromatic heterocycles. The van der Waals surface area contributed by atoms with Crippen LogP contribution in [0.25, 0.3) is 21.8 Å². The summed E-state index contributed by atoms with van der Waals surface area (Å²) in [6.45, 7) is 0.245. The first-order valence-electron chi connectivity index (χ1n) is 27.9. The van der Waals surface area contributed by atoms with Gasteiger partial charge in [-0.05, 0) is 121 Å². The molecule has 14 nitrogen and oxygen atoms in total. The Hall–Kier alpha value is -5.11. The Morgan fingerprint density at radius 1 is 0.709 bits per heavy atom. The molecule has 292 valence electrons. The van der Waals surface area contributed by atoms with Gasteiger partial charge in [0.15, 0.2) is 11.6 Å². The van der Waals surface area contributed by atoms with E-state index in [4.69, 9.17) is 51.6 Å². The maximum absolute atomic E-state index is 11.4. The number of aryl methyl sites for hydroxylation is 2. The first-order valence-corrected chi connectivity index (χ1v) is 17.5. The van der Waals surface area contributed by atoms with Crippen molar-refractivity contribution >= 4 is 33.4 Å². The monoisotopic (exact) mass is 793 g/mol. The number of fused-ring (bicyclic) bond motifs is 2. The number of hydrogen-bond acceptors (Lipinski definition) is 10. The van der Waals surface area contributed by atoms with Gasteiger partial charge in [-0.1, -0.05) is 38.2 Å². The second kappa shape index (κ2) is 20.5. The highest BCUT2D eigenvalue weighted by Crippen LogP contribution is 2.29. The average molecular weight is 794 g/mol. The Balaban J connectivity index is 0.000000212. The van der Waals surface area contributed by atoms with Crippen molar-refractivity contribution in [1.82, 2.24) is 50.4 Å². The number of phenols is 1. The van der Waals surface area contributed by atoms with E-state index in [1.165, 1.54) is 18.2 Å². The Labute approximate surface area is 355 Å². The lowest BCUT2D eigenvalue weighted by Crippen LogP contribution is -2.17. The first kappa shape index (κ1) is 20.2. The minimum absolute atomic E-state index is 0.000992. The number of ether oxygens (including phenoxy) is 1. The summed E-state index contributed by atoms with van der Waals surface area (Å²) in [6.07, 6.45) is -34.0. The number of nitrogens with one attached hydrogen (secondary N) is 2. The molecule has 0 radical (unpaired) electrons. The molecule has 6 aromatic rings. The van der Waals surface area contributed by atoms with E-state index in [-0.39, 0.29) is 48.0 Å². The number of H-pyrrole nitrogens is 2. The quantitative estimate of drug-likeness (QED) is 0.0834. The highest BCUT2D eigenvalue weighted by Gasteiger charge is 2.20. The number of tetrazole rings is 2. The third kappa shape index (κ3) is 11.7. The topological polar surface area (TPSA) is 182 Å². The third-order valence-corrected chi connectivity index (χ3v) is 7.98. The Morgan fingerprint density at radius 2 is 1.24 bits per heavy atom. The molecule has 0 saturated heterocycles. The number of rotatable bonds is 12. The van der Waals surface area contributed by atoms with Gasteiger partial charge in [0.2, 0.25) is 11.1 Å². The molecular weight excluding hydrogens is 720 g/mol. The SMILES string of the molecule is O=c1ccc2cc(O)ccc2[nH]1.[2H]C1([2H])C([2H])([2H])C([2H])([2H])C([2H])(n2nnnc2CCCCCl)C([2H])([2H])C1([2H])[2H].[2H]C1([2H])C([2H])([2H])C([2H])([2H])C([2H])(n2nnnc2CCCCOc2ccc3[nH]c(=O)ccc3c2)C([2H])([2H])C1([2H])[2H]. The van der Waals surface area contributed by atoms with Crippen LogP contribution in [0.1, 0.15) is 143 Å². The zero-order valence-corrected chi connectivity index (χ0v) is 29.8. The van der Waals surface area contributed by atoms with Gasteiger partial charge in [0.05, 0.1) is 21.4 Å². The van der Waals surface area contributed by atoms with Crippen LogP contribution in [-0.4, -0.2) is 68.0 Å². The summed E-state index contributed by atoms with van der Waals surface area (Å²) in [5.41, 5.74) is 1.04. The van der Waals surface area contributed by atoms with E-state index in [2.05, 4.69) is 41.0 Å². The molecule has 4 heterocycles. The zero-order chi connectivity index (χ0) is 58.0. The van der Waals surface area contributed by atoms with Crippen molar-refractivity contribution in [3.8, 4) is 11.5 Å². The van der Waals surface area contributed by atoms with Crippen LogP contribution in [0.5, 0.6) is 11.5 Å². The molecule has 2 aliphatic carbocycles. The number of pyridine rings is 2. The number of benzene rings is 2. The summed E-state index contributed by atoms with van der Waals surface area (Å²) < 4.78 is 186. The molecular formula is C40H51ClN10O4. The molecule has 0 amide bonds. The van der Waals surface area contributed by atoms with Gasteiger partial charge in [-0.15, -0.1) is 21.8 Å². The molecule has 0 atom stereocenters. The van der Waals surface area contributed by atoms with Gasteiger partial charge in [0.1, 0.15) is 11.5 Å². The van der Waals surface area contributed by atoms with Crippen LogP contribution in [0.15, 0.2) is 70.3 Å². The number of aromatic hydroxyl groups is 1. The van der Waals surface area contributed by atoms with Crippen LogP contribution >= 0.6 is 11.6 Å². The third-order valence-electron chi connectivity index (χ3n) is 7.72. The number of nitrogens with zero attached hydrogens (tertiary/aromatic N) is 8. The lowest BCUT2D eigenvalue weighted by atomic mass is 9.95. The van der Waals surface area contributed by atoms with Gasteiger partial charge in [0.25, 0.3) is 0 Å². The largest absolute Gasteiger partial charge is 0.508 e. The lowest BCUT2D eigenvalue weighted by Gasteiger charge is -2.22. The number of unbranched alkanes of at least 4 members (excludes halogenated alkanes) is 2. The number of aromatic amines is 2. The van der Waals surface area contributed by atoms with Gasteiger partial charge in [0, 0.05) is 80.1 Å². The molecule has 2 aliphatic rings. The summed E-state index contributed by atoms with van der Waals surface area (Å²) in [5.74, 6) is 0.755. The number of hydrogen-bond donors (Lipinski definition) is 3. The molecule has 2 aromatic carbocycles. The zero-order valence-electron chi connectivity index (χ0n) is 51.1. The van der Waals surface area contributed by atoms with Gasteiger partial charge >= 0.3 is 0 Å². The Kier molecular flexibility index (Phi) is 7.53. The van der Waals surface area contributed by atoms with E-state index in [1.54, 1.807) is 42.5 Å². The van der Waals surface area contributed by atoms with Crippen LogP contribution in [0.2, 0.25) is 0 Å². The highest BCUT2D eigenvalue weighted by molar-refractivity contribution is 6.17. The first-order chi connectivity index (χ1) is 35.2. The van der Waals surface area contributed by atoms with Gasteiger partial charge < -0.3 is 19.8 Å². The van der Waals surface area contributed by atoms with Crippen LogP contribution < -0.4 is 15.9 Å². The number of aromatic nitrogens is 10. The van der Waals surface area contributed by atoms with Crippen molar-refractivity contribution in [2.45, 2.75) is 114 Å². The number of alkyl halides is 1. The summed E-state index contributed by atoms with van der Waals surface area (Å²) in [4.78, 5) is 27.6. The standard InChI is InChI=1S/C20H25N5O2.C11H19ClN4.C9H7NO2/c26-20-12-9-15-14-17(10-11-18(15)21-20)27-13-5-4-8-19-22-23-24-25(19)16-6-2-1-3-7-16;12-9-5-4-8-11-13-14-15-16(11)10-6-2-1-3-7-10;11-7-2-3-8-6(5-7)1-4-9(12)10-8/h9-12,14,16H,1-8,13H2,(H,21,26);10H,1-9H2;1-5,11H,(H,10,12)/i1D2,2D2,3D2,6D2,7D2,16D;1D2,2D2,3D2,6D2,7D2,10D;. The van der Waals surface area contributed by atoms with Gasteiger partial charge in [-0.2, -0.15) is 0 Å². The van der Waals surface area contributed by atoms with E-state index in [0.717, 1.165) is 16.3 Å². The van der Waals surface area contributed by atoms with E-state index in [9.17, 15) is 9.59 Å². The summed E-state index contributed by atoms with van der Waals surface area (Å²) in [6, 6.07) is 9.43. The summed E-state index contributed by atoms with van der Waals surface area (Å²) in [5, 5.41) is 31.8. The van der Waals surface area contributed by atoms with Crippen molar-refractivity contribution in [1.29, 1.82) is 0 Å². The van der Waals surface area contributed by atoms with Gasteiger partial charge in [-0.3, -0.25) is 9.59 Å². The Bertz CT molecular complexity index is 3160. The predicted octanol–water partition coefficient (Wildman–Crippen LogP) is 7.40. The van der Waals surface area contributed by atoms with Crippen molar-refractivity contribution in [2.24, 2.45) is 0 Å². The van der Waals surface area contributed by atoms with Crippen molar-refractivity contribution in [3.63, 3.8) is 0 Å². The van der Waals surface area contributed by atoms with Gasteiger partial charge in [-0.25, -0.2) is 9.36 Å². The summed E-state index contributed by atoms with van der Waals surface area (Å²) >= 11 is 5.60. The fourth-order valence-electron chi connectivity index (χ4n) is 5.09. The van der Waals surface area contributed by atoms with Crippen LogP contribution in [0.4, 0.5) is 0 Å². The lowest BCUT2D eigenvalue weighted by molar-refractivity contribution is 0.301. The molecule has 0 spiro atoms. The molecule has 0 bridgehead atoms. The molecule has 2 fully saturated rings. The molecule has 3 N–H and O–H groups in total. The maximum atomic E-state index is 11.4. The average Bonchev–Trinajstić information content (AvgIpc) is 4.07. The fraction of sp³-hybridized carbons (Fsp3) is 0.500. The van der Waals surface area contributed by atoms with E-state index in [0.29, 0.717) is 52.2 Å². The van der Waals surface area contributed by atoms with E-state index >= 15 is 0 Å². The van der Waals surface area contributed by atoms with Crippen LogP contribution in [-0.2, 0) is 12.8 Å². The van der Waals surface area contributed by atoms with E-state index in [1.807, 2.05) is 0 Å². The molecule has 0 aliphatic heterocycles. The molecule has 8 rings (SSSR count). The number of phenolic OH excluding ortho intramolecular Hbond substituents is 1. The number of halogens is 1. The minimum Gasteiger partial charge on any atom is -0.508 e. The van der Waals surface area contributed by atoms with Crippen molar-refractivity contribution in [3.05, 3.63) is 93.0 Å². The second-order valence-corrected chi connectivity index (χ2v) is 12.0. The normalized spacial score (nSPS) is 31.1. The molecule has 15 heteroatoms.